The summed E-state index contributed by atoms with van der Waals surface area (Å²) >= 11 is 1.52. The summed E-state index contributed by atoms with van der Waals surface area (Å²) in [6.07, 6.45) is 4.83. The van der Waals surface area contributed by atoms with Crippen molar-refractivity contribution in [1.82, 2.24) is 14.9 Å². The molecule has 1 rings (SSSR count). The lowest BCUT2D eigenvalue weighted by Gasteiger charge is -2.21. The van der Waals surface area contributed by atoms with Gasteiger partial charge in [-0.25, -0.2) is 9.97 Å². The van der Waals surface area contributed by atoms with Gasteiger partial charge >= 0.3 is 0 Å². The highest BCUT2D eigenvalue weighted by atomic mass is 32.2. The average Bonchev–Trinajstić information content (AvgIpc) is 2.43. The summed E-state index contributed by atoms with van der Waals surface area (Å²) in [5.74, 6) is 0.978. The van der Waals surface area contributed by atoms with E-state index in [0.29, 0.717) is 30.2 Å². The summed E-state index contributed by atoms with van der Waals surface area (Å²) in [6.45, 7) is 3.98. The summed E-state index contributed by atoms with van der Waals surface area (Å²) in [7, 11) is 0. The van der Waals surface area contributed by atoms with Gasteiger partial charge in [0.1, 0.15) is 11.6 Å². The van der Waals surface area contributed by atoms with Gasteiger partial charge in [-0.15, -0.1) is 11.8 Å². The molecule has 0 unspecified atom stereocenters. The van der Waals surface area contributed by atoms with Crippen LogP contribution in [0.3, 0.4) is 0 Å². The first-order valence-corrected chi connectivity index (χ1v) is 7.40. The minimum absolute atomic E-state index is 0.0516. The average molecular weight is 296 g/mol. The molecule has 0 bridgehead atoms. The smallest absolute Gasteiger partial charge is 0.214 e. The van der Waals surface area contributed by atoms with E-state index < -0.39 is 0 Å². The predicted molar refractivity (Wildman–Crippen MR) is 80.7 cm³/mol. The van der Waals surface area contributed by atoms with Crippen molar-refractivity contribution in [3.63, 3.8) is 0 Å². The first-order chi connectivity index (χ1) is 9.53. The van der Waals surface area contributed by atoms with Gasteiger partial charge in [0.15, 0.2) is 0 Å². The number of hydrogen-bond donors (Lipinski definition) is 2. The number of nitrogens with two attached hydrogens (primary N) is 1. The molecule has 3 N–H and O–H groups in total. The van der Waals surface area contributed by atoms with Crippen LogP contribution in [-0.2, 0) is 11.3 Å². The minimum atomic E-state index is 0.0516. The molecule has 0 aliphatic rings. The van der Waals surface area contributed by atoms with E-state index in [1.807, 2.05) is 13.2 Å². The number of hydrogen-bond acceptors (Lipinski definition) is 6. The number of aromatic nitrogens is 2. The van der Waals surface area contributed by atoms with Crippen LogP contribution in [0.2, 0.25) is 0 Å². The second kappa shape index (κ2) is 7.86. The summed E-state index contributed by atoms with van der Waals surface area (Å²) in [4.78, 5) is 22.0. The number of allylic oxidation sites excluding steroid dienone is 1. The van der Waals surface area contributed by atoms with Gasteiger partial charge in [-0.05, 0) is 20.1 Å². The van der Waals surface area contributed by atoms with Crippen LogP contribution < -0.4 is 5.73 Å². The molecule has 0 spiro atoms. The fourth-order valence-electron chi connectivity index (χ4n) is 1.75. The van der Waals surface area contributed by atoms with Crippen molar-refractivity contribution in [3.05, 3.63) is 28.2 Å². The predicted octanol–water partition coefficient (Wildman–Crippen LogP) is 1.30. The van der Waals surface area contributed by atoms with E-state index in [9.17, 15) is 4.79 Å². The lowest BCUT2D eigenvalue weighted by atomic mass is 10.2. The van der Waals surface area contributed by atoms with Crippen LogP contribution in [0.15, 0.2) is 16.8 Å². The number of anilines is 1. The highest BCUT2D eigenvalue weighted by molar-refractivity contribution is 8.02. The third-order valence-corrected chi connectivity index (χ3v) is 3.90. The van der Waals surface area contributed by atoms with Crippen molar-refractivity contribution >= 4 is 24.0 Å². The van der Waals surface area contributed by atoms with E-state index in [1.54, 1.807) is 18.0 Å². The fourth-order valence-corrected chi connectivity index (χ4v) is 2.45. The van der Waals surface area contributed by atoms with E-state index in [4.69, 9.17) is 10.8 Å². The Balaban J connectivity index is 2.99. The normalized spacial score (nSPS) is 12.0. The Morgan fingerprint density at radius 1 is 1.60 bits per heavy atom. The highest BCUT2D eigenvalue weighted by Gasteiger charge is 2.13. The lowest BCUT2D eigenvalue weighted by Crippen LogP contribution is -2.21. The van der Waals surface area contributed by atoms with Crippen molar-refractivity contribution < 1.29 is 9.90 Å². The molecule has 1 heterocycles. The molecule has 1 aromatic heterocycles. The summed E-state index contributed by atoms with van der Waals surface area (Å²) in [6, 6.07) is 0. The summed E-state index contributed by atoms with van der Waals surface area (Å²) < 4.78 is 0. The van der Waals surface area contributed by atoms with Crippen LogP contribution in [0.1, 0.15) is 24.7 Å². The Kier molecular flexibility index (Phi) is 6.47. The highest BCUT2D eigenvalue weighted by Crippen LogP contribution is 2.24. The number of aryl methyl sites for hydroxylation is 1. The van der Waals surface area contributed by atoms with Gasteiger partial charge in [0.2, 0.25) is 6.41 Å². The standard InChI is InChI=1S/C13H20N4O2S/c1-9(12(20-3)4-5-18)17(8-19)7-11-6-15-10(2)16-13(11)14/h6,8,18H,4-5,7H2,1-3H3,(H2,14,15,16)/b12-9-. The van der Waals surface area contributed by atoms with Gasteiger partial charge in [0, 0.05) is 35.4 Å². The molecule has 0 aliphatic carbocycles. The Labute approximate surface area is 123 Å². The van der Waals surface area contributed by atoms with Crippen LogP contribution in [0.25, 0.3) is 0 Å². The van der Waals surface area contributed by atoms with Gasteiger partial charge < -0.3 is 15.7 Å². The fraction of sp³-hybridized carbons (Fsp3) is 0.462. The summed E-state index contributed by atoms with van der Waals surface area (Å²) in [5, 5.41) is 9.04. The molecule has 0 radical (unpaired) electrons. The molecule has 0 atom stereocenters. The molecule has 1 aromatic rings. The number of rotatable bonds is 7. The zero-order valence-electron chi connectivity index (χ0n) is 12.0. The van der Waals surface area contributed by atoms with E-state index in [0.717, 1.165) is 17.0 Å². The number of carbonyl (C=O) groups is 1. The lowest BCUT2D eigenvalue weighted by molar-refractivity contribution is -0.116. The molecule has 0 aromatic carbocycles. The SMILES string of the molecule is CS/C(CCO)=C(/C)N(C=O)Cc1cnc(C)nc1N. The first kappa shape index (κ1) is 16.5. The number of thioether (sulfide) groups is 1. The second-order valence-corrected chi connectivity index (χ2v) is 5.15. The monoisotopic (exact) mass is 296 g/mol. The molecule has 0 saturated carbocycles. The van der Waals surface area contributed by atoms with Crippen molar-refractivity contribution in [1.29, 1.82) is 0 Å². The van der Waals surface area contributed by atoms with Gasteiger partial charge in [0.05, 0.1) is 6.54 Å². The topological polar surface area (TPSA) is 92.3 Å². The van der Waals surface area contributed by atoms with Crippen molar-refractivity contribution in [2.24, 2.45) is 0 Å². The Morgan fingerprint density at radius 3 is 2.80 bits per heavy atom. The van der Waals surface area contributed by atoms with Crippen LogP contribution in [0.4, 0.5) is 5.82 Å². The van der Waals surface area contributed by atoms with Crippen LogP contribution in [0, 0.1) is 6.92 Å². The van der Waals surface area contributed by atoms with Crippen LogP contribution >= 0.6 is 11.8 Å². The summed E-state index contributed by atoms with van der Waals surface area (Å²) in [5.41, 5.74) is 7.34. The number of nitrogens with zero attached hydrogens (tertiary/aromatic N) is 3. The van der Waals surface area contributed by atoms with Crippen molar-refractivity contribution in [2.45, 2.75) is 26.8 Å². The first-order valence-electron chi connectivity index (χ1n) is 6.18. The van der Waals surface area contributed by atoms with E-state index in [2.05, 4.69) is 9.97 Å². The zero-order chi connectivity index (χ0) is 15.1. The number of aliphatic hydroxyl groups is 1. The molecule has 20 heavy (non-hydrogen) atoms. The maximum atomic E-state index is 11.3. The third-order valence-electron chi connectivity index (χ3n) is 2.91. The van der Waals surface area contributed by atoms with Crippen LogP contribution in [-0.4, -0.2) is 39.2 Å². The van der Waals surface area contributed by atoms with Gasteiger partial charge in [0.25, 0.3) is 0 Å². The molecule has 7 heteroatoms. The Hall–Kier alpha value is -1.60. The number of carbonyl (C=O) groups excluding carboxylic acids is 1. The number of amides is 1. The van der Waals surface area contributed by atoms with E-state index in [1.165, 1.54) is 11.8 Å². The Bertz CT molecular complexity index is 505. The van der Waals surface area contributed by atoms with Gasteiger partial charge in [-0.1, -0.05) is 0 Å². The van der Waals surface area contributed by atoms with Gasteiger partial charge in [-0.2, -0.15) is 0 Å². The maximum Gasteiger partial charge on any atom is 0.214 e. The molecule has 1 amide bonds. The zero-order valence-corrected chi connectivity index (χ0v) is 12.8. The maximum absolute atomic E-state index is 11.3. The van der Waals surface area contributed by atoms with Crippen LogP contribution in [0.5, 0.6) is 0 Å². The minimum Gasteiger partial charge on any atom is -0.396 e. The largest absolute Gasteiger partial charge is 0.396 e. The molecule has 6 nitrogen and oxygen atoms in total. The van der Waals surface area contributed by atoms with E-state index >= 15 is 0 Å². The molecule has 110 valence electrons. The van der Waals surface area contributed by atoms with Gasteiger partial charge in [-0.3, -0.25) is 4.79 Å². The molecular weight excluding hydrogens is 276 g/mol. The second-order valence-electron chi connectivity index (χ2n) is 4.25. The molecule has 0 aliphatic heterocycles. The van der Waals surface area contributed by atoms with E-state index in [-0.39, 0.29) is 6.61 Å². The van der Waals surface area contributed by atoms with Crippen molar-refractivity contribution in [3.8, 4) is 0 Å². The molecule has 0 fully saturated rings. The quantitative estimate of drug-likeness (QED) is 0.737. The molecule has 0 saturated heterocycles. The number of aliphatic hydroxyl groups excluding tert-OH is 1. The third kappa shape index (κ3) is 4.21. The molecular formula is C13H20N4O2S. The number of nitrogen functional groups attached to an aromatic ring is 1. The van der Waals surface area contributed by atoms with Crippen molar-refractivity contribution in [2.75, 3.05) is 18.6 Å². The Morgan fingerprint density at radius 2 is 2.30 bits per heavy atom.